The number of benzene rings is 2. The van der Waals surface area contributed by atoms with Gasteiger partial charge in [-0.3, -0.25) is 4.79 Å². The van der Waals surface area contributed by atoms with Crippen molar-refractivity contribution in [3.05, 3.63) is 65.0 Å². The van der Waals surface area contributed by atoms with Crippen LogP contribution in [0.25, 0.3) is 0 Å². The molecule has 0 N–H and O–H groups in total. The highest BCUT2D eigenvalue weighted by Crippen LogP contribution is 2.24. The van der Waals surface area contributed by atoms with Crippen molar-refractivity contribution in [2.45, 2.75) is 13.5 Å². The Balaban J connectivity index is 2.22. The second-order valence-electron chi connectivity index (χ2n) is 4.13. The number of carbonyl (C=O) groups is 1. The number of hydrogen-bond donors (Lipinski definition) is 0. The van der Waals surface area contributed by atoms with Crippen molar-refractivity contribution in [1.29, 1.82) is 0 Å². The molecule has 0 atom stereocenters. The van der Waals surface area contributed by atoms with Gasteiger partial charge in [0.25, 0.3) is 5.24 Å². The van der Waals surface area contributed by atoms with E-state index in [0.29, 0.717) is 17.9 Å². The maximum Gasteiger partial charge on any atom is 0.252 e. The zero-order chi connectivity index (χ0) is 13.8. The van der Waals surface area contributed by atoms with Crippen LogP contribution in [0.2, 0.25) is 0 Å². The molecule has 0 radical (unpaired) electrons. The molecule has 0 aliphatic rings. The Morgan fingerprint density at radius 3 is 2.58 bits per heavy atom. The Morgan fingerprint density at radius 1 is 1.26 bits per heavy atom. The summed E-state index contributed by atoms with van der Waals surface area (Å²) in [5.41, 5.74) is 1.41. The summed E-state index contributed by atoms with van der Waals surface area (Å²) < 4.78 is 19.2. The van der Waals surface area contributed by atoms with Gasteiger partial charge < -0.3 is 4.74 Å². The van der Waals surface area contributed by atoms with E-state index >= 15 is 0 Å². The first-order chi connectivity index (χ1) is 9.08. The van der Waals surface area contributed by atoms with Gasteiger partial charge in [0.2, 0.25) is 0 Å². The number of halogens is 2. The molecular formula is C15H12ClFO2. The summed E-state index contributed by atoms with van der Waals surface area (Å²) in [6.07, 6.45) is 0. The molecule has 0 unspecified atom stereocenters. The fraction of sp³-hybridized carbons (Fsp3) is 0.133. The molecule has 2 nitrogen and oxygen atoms in total. The summed E-state index contributed by atoms with van der Waals surface area (Å²) in [6, 6.07) is 12.1. The van der Waals surface area contributed by atoms with Crippen molar-refractivity contribution in [2.24, 2.45) is 0 Å². The lowest BCUT2D eigenvalue weighted by atomic mass is 10.1. The van der Waals surface area contributed by atoms with E-state index in [1.54, 1.807) is 6.92 Å². The molecule has 0 fully saturated rings. The van der Waals surface area contributed by atoms with Crippen LogP contribution in [0.3, 0.4) is 0 Å². The van der Waals surface area contributed by atoms with E-state index in [1.807, 2.05) is 30.3 Å². The molecule has 2 aromatic rings. The summed E-state index contributed by atoms with van der Waals surface area (Å²) in [5.74, 6) is -0.178. The average molecular weight is 279 g/mol. The van der Waals surface area contributed by atoms with Crippen LogP contribution in [-0.4, -0.2) is 5.24 Å². The van der Waals surface area contributed by atoms with E-state index in [9.17, 15) is 9.18 Å². The summed E-state index contributed by atoms with van der Waals surface area (Å²) in [6.45, 7) is 1.90. The first-order valence-electron chi connectivity index (χ1n) is 5.74. The first kappa shape index (κ1) is 13.6. The van der Waals surface area contributed by atoms with Crippen LogP contribution in [0.5, 0.6) is 5.75 Å². The van der Waals surface area contributed by atoms with Gasteiger partial charge in [-0.1, -0.05) is 30.3 Å². The lowest BCUT2D eigenvalue weighted by molar-refractivity contribution is 0.108. The van der Waals surface area contributed by atoms with Gasteiger partial charge in [0.1, 0.15) is 18.2 Å². The van der Waals surface area contributed by atoms with Gasteiger partial charge in [-0.25, -0.2) is 4.39 Å². The molecule has 0 spiro atoms. The van der Waals surface area contributed by atoms with Crippen molar-refractivity contribution in [3.63, 3.8) is 0 Å². The predicted octanol–water partition coefficient (Wildman–Crippen LogP) is 4.09. The molecule has 2 rings (SSSR count). The van der Waals surface area contributed by atoms with Crippen LogP contribution in [0, 0.1) is 12.7 Å². The Kier molecular flexibility index (Phi) is 4.17. The average Bonchev–Trinajstić information content (AvgIpc) is 2.41. The van der Waals surface area contributed by atoms with Crippen LogP contribution in [0.4, 0.5) is 4.39 Å². The maximum absolute atomic E-state index is 13.6. The van der Waals surface area contributed by atoms with Crippen molar-refractivity contribution in [2.75, 3.05) is 0 Å². The molecular weight excluding hydrogens is 267 g/mol. The summed E-state index contributed by atoms with van der Waals surface area (Å²) in [7, 11) is 0. The van der Waals surface area contributed by atoms with Gasteiger partial charge in [-0.2, -0.15) is 0 Å². The molecule has 19 heavy (non-hydrogen) atoms. The quantitative estimate of drug-likeness (QED) is 0.787. The van der Waals surface area contributed by atoms with E-state index in [4.69, 9.17) is 16.3 Å². The minimum absolute atomic E-state index is 0.0906. The molecule has 0 bridgehead atoms. The fourth-order valence-electron chi connectivity index (χ4n) is 1.65. The molecule has 0 aliphatic heterocycles. The van der Waals surface area contributed by atoms with Crippen LogP contribution < -0.4 is 4.74 Å². The lowest BCUT2D eigenvalue weighted by Gasteiger charge is -2.11. The Morgan fingerprint density at radius 2 is 1.95 bits per heavy atom. The standard InChI is InChI=1S/C15H12ClFO2/c1-10-13(17)7-12(15(16)18)8-14(10)19-9-11-5-3-2-4-6-11/h2-8H,9H2,1H3. The summed E-state index contributed by atoms with van der Waals surface area (Å²) in [5, 5.41) is -0.705. The topological polar surface area (TPSA) is 26.3 Å². The van der Waals surface area contributed by atoms with Crippen LogP contribution >= 0.6 is 11.6 Å². The molecule has 0 aliphatic carbocycles. The Hall–Kier alpha value is -1.87. The number of hydrogen-bond acceptors (Lipinski definition) is 2. The third-order valence-corrected chi connectivity index (χ3v) is 2.98. The molecule has 0 saturated carbocycles. The largest absolute Gasteiger partial charge is 0.489 e. The summed E-state index contributed by atoms with van der Waals surface area (Å²) in [4.78, 5) is 11.1. The highest BCUT2D eigenvalue weighted by atomic mass is 35.5. The smallest absolute Gasteiger partial charge is 0.252 e. The molecule has 2 aromatic carbocycles. The van der Waals surface area contributed by atoms with Gasteiger partial charge >= 0.3 is 0 Å². The molecule has 0 amide bonds. The second-order valence-corrected chi connectivity index (χ2v) is 4.47. The van der Waals surface area contributed by atoms with Gasteiger partial charge in [-0.15, -0.1) is 0 Å². The highest BCUT2D eigenvalue weighted by molar-refractivity contribution is 6.67. The van der Waals surface area contributed by atoms with Gasteiger partial charge in [0, 0.05) is 11.1 Å². The van der Waals surface area contributed by atoms with Crippen LogP contribution in [-0.2, 0) is 6.61 Å². The molecule has 0 aromatic heterocycles. The molecule has 4 heteroatoms. The van der Waals surface area contributed by atoms with Gasteiger partial charge in [0.05, 0.1) is 0 Å². The maximum atomic E-state index is 13.6. The minimum atomic E-state index is -0.705. The summed E-state index contributed by atoms with van der Waals surface area (Å²) >= 11 is 5.36. The fourth-order valence-corrected chi connectivity index (χ4v) is 1.76. The third-order valence-electron chi connectivity index (χ3n) is 2.76. The van der Waals surface area contributed by atoms with Crippen molar-refractivity contribution in [1.82, 2.24) is 0 Å². The Bertz CT molecular complexity index is 597. The zero-order valence-electron chi connectivity index (χ0n) is 10.3. The van der Waals surface area contributed by atoms with Crippen LogP contribution in [0.1, 0.15) is 21.5 Å². The van der Waals surface area contributed by atoms with Crippen molar-refractivity contribution < 1.29 is 13.9 Å². The number of rotatable bonds is 4. The number of carbonyl (C=O) groups excluding carboxylic acids is 1. The van der Waals surface area contributed by atoms with E-state index in [1.165, 1.54) is 6.07 Å². The Labute approximate surface area is 115 Å². The normalized spacial score (nSPS) is 10.3. The number of ether oxygens (including phenoxy) is 1. The lowest BCUT2D eigenvalue weighted by Crippen LogP contribution is -2.01. The predicted molar refractivity (Wildman–Crippen MR) is 72.1 cm³/mol. The second kappa shape index (κ2) is 5.85. The highest BCUT2D eigenvalue weighted by Gasteiger charge is 2.12. The molecule has 98 valence electrons. The SMILES string of the molecule is Cc1c(F)cc(C(=O)Cl)cc1OCc1ccccc1. The van der Waals surface area contributed by atoms with Gasteiger partial charge in [-0.05, 0) is 36.2 Å². The zero-order valence-corrected chi connectivity index (χ0v) is 11.1. The van der Waals surface area contributed by atoms with Gasteiger partial charge in [0.15, 0.2) is 0 Å². The molecule has 0 heterocycles. The van der Waals surface area contributed by atoms with Crippen molar-refractivity contribution in [3.8, 4) is 5.75 Å². The van der Waals surface area contributed by atoms with E-state index in [0.717, 1.165) is 11.6 Å². The van der Waals surface area contributed by atoms with Crippen molar-refractivity contribution >= 4 is 16.8 Å². The third kappa shape index (κ3) is 3.32. The van der Waals surface area contributed by atoms with Crippen LogP contribution in [0.15, 0.2) is 42.5 Å². The van der Waals surface area contributed by atoms with E-state index in [2.05, 4.69) is 0 Å². The molecule has 0 saturated heterocycles. The van der Waals surface area contributed by atoms with E-state index in [-0.39, 0.29) is 5.56 Å². The van der Waals surface area contributed by atoms with E-state index < -0.39 is 11.1 Å². The minimum Gasteiger partial charge on any atom is -0.489 e. The monoisotopic (exact) mass is 278 g/mol. The first-order valence-corrected chi connectivity index (χ1v) is 6.12.